The van der Waals surface area contributed by atoms with Crippen LogP contribution in [0.5, 0.6) is 0 Å². The van der Waals surface area contributed by atoms with E-state index in [1.807, 2.05) is 6.92 Å². The maximum Gasteiger partial charge on any atom is 0.308 e. The van der Waals surface area contributed by atoms with E-state index in [0.29, 0.717) is 25.6 Å². The summed E-state index contributed by atoms with van der Waals surface area (Å²) in [4.78, 5) is 24.0. The second kappa shape index (κ2) is 26.0. The molecule has 0 fully saturated rings. The molecule has 0 aromatic rings. The fourth-order valence-electron chi connectivity index (χ4n) is 4.43. The molecule has 2 unspecified atom stereocenters. The highest BCUT2D eigenvalue weighted by Crippen LogP contribution is 2.21. The number of carbonyl (C=O) groups is 2. The first-order valence-electron chi connectivity index (χ1n) is 15.3. The van der Waals surface area contributed by atoms with Crippen molar-refractivity contribution in [1.29, 1.82) is 0 Å². The molecule has 0 amide bonds. The minimum absolute atomic E-state index is 0.00807. The Morgan fingerprint density at radius 2 is 0.971 bits per heavy atom. The average Bonchev–Trinajstić information content (AvgIpc) is 2.85. The van der Waals surface area contributed by atoms with Crippen molar-refractivity contribution >= 4 is 11.9 Å². The van der Waals surface area contributed by atoms with Crippen molar-refractivity contribution in [3.63, 3.8) is 0 Å². The van der Waals surface area contributed by atoms with Gasteiger partial charge in [0.15, 0.2) is 0 Å². The van der Waals surface area contributed by atoms with Gasteiger partial charge in [0.1, 0.15) is 0 Å². The van der Waals surface area contributed by atoms with E-state index in [1.165, 1.54) is 96.3 Å². The maximum atomic E-state index is 12.2. The summed E-state index contributed by atoms with van der Waals surface area (Å²) in [5.74, 6) is 0.382. The van der Waals surface area contributed by atoms with Crippen LogP contribution < -0.4 is 0 Å². The Labute approximate surface area is 218 Å². The van der Waals surface area contributed by atoms with Crippen molar-refractivity contribution in [1.82, 2.24) is 0 Å². The number of rotatable bonds is 26. The highest BCUT2D eigenvalue weighted by atomic mass is 16.5. The summed E-state index contributed by atoms with van der Waals surface area (Å²) < 4.78 is 10.8. The molecular weight excluding hydrogens is 436 g/mol. The molecule has 0 saturated heterocycles. The number of hydrogen-bond acceptors (Lipinski definition) is 4. The lowest BCUT2D eigenvalue weighted by Crippen LogP contribution is -2.22. The molecule has 0 aliphatic carbocycles. The molecule has 35 heavy (non-hydrogen) atoms. The molecule has 208 valence electrons. The average molecular weight is 497 g/mol. The third-order valence-electron chi connectivity index (χ3n) is 7.27. The van der Waals surface area contributed by atoms with Crippen LogP contribution in [0.2, 0.25) is 0 Å². The Morgan fingerprint density at radius 3 is 1.51 bits per heavy atom. The number of esters is 2. The third-order valence-corrected chi connectivity index (χ3v) is 7.27. The molecule has 0 N–H and O–H groups in total. The largest absolute Gasteiger partial charge is 0.466 e. The van der Waals surface area contributed by atoms with Gasteiger partial charge in [-0.25, -0.2) is 0 Å². The number of carbonyl (C=O) groups excluding carboxylic acids is 2. The van der Waals surface area contributed by atoms with Crippen LogP contribution in [0, 0.1) is 11.8 Å². The van der Waals surface area contributed by atoms with Gasteiger partial charge in [-0.05, 0) is 31.6 Å². The molecule has 0 saturated carbocycles. The van der Waals surface area contributed by atoms with Crippen LogP contribution in [0.15, 0.2) is 0 Å². The van der Waals surface area contributed by atoms with E-state index < -0.39 is 0 Å². The first kappa shape index (κ1) is 33.9. The Morgan fingerprint density at radius 1 is 0.543 bits per heavy atom. The van der Waals surface area contributed by atoms with Crippen molar-refractivity contribution in [3.05, 3.63) is 0 Å². The molecule has 0 radical (unpaired) electrons. The summed E-state index contributed by atoms with van der Waals surface area (Å²) in [6.45, 7) is 9.83. The van der Waals surface area contributed by atoms with Crippen LogP contribution in [-0.4, -0.2) is 25.2 Å². The Bertz CT molecular complexity index is 477. The van der Waals surface area contributed by atoms with Crippen LogP contribution in [0.25, 0.3) is 0 Å². The van der Waals surface area contributed by atoms with Gasteiger partial charge in [0.2, 0.25) is 0 Å². The predicted molar refractivity (Wildman–Crippen MR) is 149 cm³/mol. The monoisotopic (exact) mass is 496 g/mol. The van der Waals surface area contributed by atoms with Crippen LogP contribution in [0.3, 0.4) is 0 Å². The van der Waals surface area contributed by atoms with Crippen LogP contribution in [0.1, 0.15) is 163 Å². The summed E-state index contributed by atoms with van der Waals surface area (Å²) in [5, 5.41) is 0. The molecule has 0 aliphatic rings. The molecule has 0 rings (SSSR count). The lowest BCUT2D eigenvalue weighted by molar-refractivity contribution is -0.150. The minimum Gasteiger partial charge on any atom is -0.466 e. The molecule has 0 aromatic carbocycles. The van der Waals surface area contributed by atoms with E-state index in [2.05, 4.69) is 20.8 Å². The molecule has 0 spiro atoms. The van der Waals surface area contributed by atoms with Crippen LogP contribution in [0.4, 0.5) is 0 Å². The van der Waals surface area contributed by atoms with Gasteiger partial charge < -0.3 is 9.47 Å². The molecule has 2 atom stereocenters. The fraction of sp³-hybridized carbons (Fsp3) is 0.935. The Balaban J connectivity index is 3.45. The Kier molecular flexibility index (Phi) is 25.2. The maximum absolute atomic E-state index is 12.2. The van der Waals surface area contributed by atoms with E-state index in [9.17, 15) is 9.59 Å². The normalized spacial score (nSPS) is 12.9. The third kappa shape index (κ3) is 23.1. The highest BCUT2D eigenvalue weighted by molar-refractivity contribution is 5.72. The van der Waals surface area contributed by atoms with Gasteiger partial charge in [0, 0.05) is 6.42 Å². The lowest BCUT2D eigenvalue weighted by atomic mass is 9.90. The van der Waals surface area contributed by atoms with Gasteiger partial charge in [-0.15, -0.1) is 0 Å². The fourth-order valence-corrected chi connectivity index (χ4v) is 4.43. The van der Waals surface area contributed by atoms with Crippen molar-refractivity contribution in [2.45, 2.75) is 163 Å². The predicted octanol–water partition coefficient (Wildman–Crippen LogP) is 9.58. The molecule has 0 aliphatic heterocycles. The van der Waals surface area contributed by atoms with Gasteiger partial charge >= 0.3 is 11.9 Å². The second-order valence-electron chi connectivity index (χ2n) is 10.7. The summed E-state index contributed by atoms with van der Waals surface area (Å²) >= 11 is 0. The first-order valence-corrected chi connectivity index (χ1v) is 15.3. The van der Waals surface area contributed by atoms with Gasteiger partial charge in [0.05, 0.1) is 19.1 Å². The molecule has 4 nitrogen and oxygen atoms in total. The zero-order valence-electron chi connectivity index (χ0n) is 24.1. The standard InChI is InChI=1S/C31H60O4/c1-5-7-9-18-22-26-34-30(32)25-21-17-15-13-11-12-14-16-20-24-28(3)29(4)31(33)35-27-23-19-10-8-6-2/h28-29H,5-27H2,1-4H3. The molecule has 4 heteroatoms. The molecule has 0 heterocycles. The first-order chi connectivity index (χ1) is 17.0. The van der Waals surface area contributed by atoms with Gasteiger partial charge in [-0.3, -0.25) is 9.59 Å². The summed E-state index contributed by atoms with van der Waals surface area (Å²) in [6, 6.07) is 0. The van der Waals surface area contributed by atoms with E-state index in [-0.39, 0.29) is 17.9 Å². The minimum atomic E-state index is -0.0142. The number of unbranched alkanes of at least 4 members (excludes halogenated alkanes) is 16. The second-order valence-corrected chi connectivity index (χ2v) is 10.7. The van der Waals surface area contributed by atoms with Crippen LogP contribution in [-0.2, 0) is 19.1 Å². The van der Waals surface area contributed by atoms with Crippen molar-refractivity contribution in [2.75, 3.05) is 13.2 Å². The molecular formula is C31H60O4. The Hall–Kier alpha value is -1.06. The smallest absolute Gasteiger partial charge is 0.308 e. The van der Waals surface area contributed by atoms with Gasteiger partial charge in [-0.2, -0.15) is 0 Å². The molecule has 0 aromatic heterocycles. The van der Waals surface area contributed by atoms with Crippen molar-refractivity contribution < 1.29 is 19.1 Å². The zero-order valence-corrected chi connectivity index (χ0v) is 24.1. The van der Waals surface area contributed by atoms with E-state index in [1.54, 1.807) is 0 Å². The van der Waals surface area contributed by atoms with Crippen molar-refractivity contribution in [2.24, 2.45) is 11.8 Å². The summed E-state index contributed by atoms with van der Waals surface area (Å²) in [6.07, 6.45) is 24.5. The highest BCUT2D eigenvalue weighted by Gasteiger charge is 2.21. The van der Waals surface area contributed by atoms with E-state index >= 15 is 0 Å². The summed E-state index contributed by atoms with van der Waals surface area (Å²) in [5.41, 5.74) is 0. The number of hydrogen-bond donors (Lipinski definition) is 0. The SMILES string of the molecule is CCCCCCCOC(=O)CCCCCCCCCCCC(C)C(C)C(=O)OCCCCCCC. The summed E-state index contributed by atoms with van der Waals surface area (Å²) in [7, 11) is 0. The van der Waals surface area contributed by atoms with E-state index in [4.69, 9.17) is 9.47 Å². The topological polar surface area (TPSA) is 52.6 Å². The van der Waals surface area contributed by atoms with Gasteiger partial charge in [-0.1, -0.05) is 130 Å². The molecule has 0 bridgehead atoms. The van der Waals surface area contributed by atoms with Gasteiger partial charge in [0.25, 0.3) is 0 Å². The van der Waals surface area contributed by atoms with Crippen molar-refractivity contribution in [3.8, 4) is 0 Å². The van der Waals surface area contributed by atoms with E-state index in [0.717, 1.165) is 32.1 Å². The quantitative estimate of drug-likeness (QED) is 0.0883. The number of ether oxygens (including phenoxy) is 2. The zero-order chi connectivity index (χ0) is 26.0. The van der Waals surface area contributed by atoms with Crippen LogP contribution >= 0.6 is 0 Å². The lowest BCUT2D eigenvalue weighted by Gasteiger charge is -2.18.